The molecule has 0 unspecified atom stereocenters. The zero-order valence-electron chi connectivity index (χ0n) is 16.0. The molecule has 136 valence electrons. The molecule has 0 saturated carbocycles. The summed E-state index contributed by atoms with van der Waals surface area (Å²) in [6.45, 7) is 12.2. The van der Waals surface area contributed by atoms with E-state index in [1.807, 2.05) is 0 Å². The van der Waals surface area contributed by atoms with E-state index >= 15 is 0 Å². The fourth-order valence-corrected chi connectivity index (χ4v) is 2.08. The highest BCUT2D eigenvalue weighted by Crippen LogP contribution is 2.30. The van der Waals surface area contributed by atoms with Crippen LogP contribution < -0.4 is 10.1 Å². The highest BCUT2D eigenvalue weighted by molar-refractivity contribution is 5.99. The summed E-state index contributed by atoms with van der Waals surface area (Å²) in [5.74, 6) is 1.37. The maximum absolute atomic E-state index is 11.5. The highest BCUT2D eigenvalue weighted by Gasteiger charge is 2.36. The maximum Gasteiger partial charge on any atom is 0.269 e. The van der Waals surface area contributed by atoms with Crippen LogP contribution in [-0.4, -0.2) is 46.5 Å². The molecule has 1 saturated heterocycles. The molecule has 24 heavy (non-hydrogen) atoms. The minimum atomic E-state index is -0.856. The Balaban J connectivity index is 0.000000238. The van der Waals surface area contributed by atoms with E-state index in [4.69, 9.17) is 4.74 Å². The Kier molecular flexibility index (Phi) is 8.11. The van der Waals surface area contributed by atoms with Crippen molar-refractivity contribution in [2.75, 3.05) is 25.5 Å². The average Bonchev–Trinajstić information content (AvgIpc) is 3.01. The van der Waals surface area contributed by atoms with Gasteiger partial charge in [-0.05, 0) is 53.8 Å². The standard InChI is InChI=1S/C9H11N3O2.C5H11N.C4H10/c1-5-10-4-6-7(11-5)12-8(13)9(2,3)14-6;1-6-4-2-3-5-6;1-3-4-2/h4H,1-3H3,(H,10,11,12,13);2-5H2,1H3;3-4H2,1-2H3. The molecule has 1 fully saturated rings. The van der Waals surface area contributed by atoms with E-state index < -0.39 is 5.60 Å². The quantitative estimate of drug-likeness (QED) is 0.851. The number of aromatic nitrogens is 2. The van der Waals surface area contributed by atoms with Gasteiger partial charge in [-0.3, -0.25) is 4.79 Å². The zero-order chi connectivity index (χ0) is 18.2. The van der Waals surface area contributed by atoms with Crippen molar-refractivity contribution < 1.29 is 9.53 Å². The van der Waals surface area contributed by atoms with Crippen molar-refractivity contribution in [2.24, 2.45) is 0 Å². The first kappa shape index (κ1) is 20.4. The van der Waals surface area contributed by atoms with Gasteiger partial charge >= 0.3 is 0 Å². The highest BCUT2D eigenvalue weighted by atomic mass is 16.5. The lowest BCUT2D eigenvalue weighted by molar-refractivity contribution is -0.129. The number of rotatable bonds is 1. The zero-order valence-corrected chi connectivity index (χ0v) is 16.0. The number of carbonyl (C=O) groups excluding carboxylic acids is 1. The van der Waals surface area contributed by atoms with Gasteiger partial charge in [0, 0.05) is 0 Å². The van der Waals surface area contributed by atoms with Crippen LogP contribution >= 0.6 is 0 Å². The number of anilines is 1. The smallest absolute Gasteiger partial charge is 0.269 e. The molecule has 6 nitrogen and oxygen atoms in total. The lowest BCUT2D eigenvalue weighted by atomic mass is 10.1. The summed E-state index contributed by atoms with van der Waals surface area (Å²) in [6, 6.07) is 0. The molecule has 3 rings (SSSR count). The Labute approximate surface area is 146 Å². The molecule has 1 aromatic heterocycles. The molecule has 6 heteroatoms. The van der Waals surface area contributed by atoms with Crippen molar-refractivity contribution in [3.05, 3.63) is 12.0 Å². The molecule has 3 heterocycles. The van der Waals surface area contributed by atoms with E-state index in [1.165, 1.54) is 38.8 Å². The van der Waals surface area contributed by atoms with Crippen LogP contribution in [0.1, 0.15) is 59.2 Å². The number of aryl methyl sites for hydroxylation is 1. The van der Waals surface area contributed by atoms with Gasteiger partial charge in [0.25, 0.3) is 5.91 Å². The molecule has 0 aliphatic carbocycles. The second-order valence-electron chi connectivity index (χ2n) is 6.71. The van der Waals surface area contributed by atoms with Crippen molar-refractivity contribution in [2.45, 2.75) is 65.9 Å². The van der Waals surface area contributed by atoms with Gasteiger partial charge < -0.3 is 15.0 Å². The van der Waals surface area contributed by atoms with Crippen molar-refractivity contribution in [3.8, 4) is 5.75 Å². The number of hydrogen-bond acceptors (Lipinski definition) is 5. The van der Waals surface area contributed by atoms with E-state index in [2.05, 4.69) is 41.1 Å². The second kappa shape index (κ2) is 9.57. The first-order chi connectivity index (χ1) is 11.3. The number of unbranched alkanes of at least 4 members (excludes halogenated alkanes) is 1. The lowest BCUT2D eigenvalue weighted by Gasteiger charge is -2.30. The molecule has 1 N–H and O–H groups in total. The van der Waals surface area contributed by atoms with Crippen molar-refractivity contribution in [1.29, 1.82) is 0 Å². The Hall–Kier alpha value is -1.69. The SMILES string of the molecule is CCCC.CN1CCCC1.Cc1ncc2c(n1)NC(=O)C(C)(C)O2. The molecule has 2 aliphatic heterocycles. The van der Waals surface area contributed by atoms with Gasteiger partial charge in [0.2, 0.25) is 0 Å². The Morgan fingerprint density at radius 1 is 1.25 bits per heavy atom. The molecule has 0 atom stereocenters. The van der Waals surface area contributed by atoms with E-state index in [0.29, 0.717) is 17.4 Å². The number of fused-ring (bicyclic) bond motifs is 1. The summed E-state index contributed by atoms with van der Waals surface area (Å²) >= 11 is 0. The van der Waals surface area contributed by atoms with Gasteiger partial charge in [0.05, 0.1) is 6.20 Å². The van der Waals surface area contributed by atoms with Crippen LogP contribution in [0.15, 0.2) is 6.20 Å². The summed E-state index contributed by atoms with van der Waals surface area (Å²) in [7, 11) is 2.17. The van der Waals surface area contributed by atoms with Crippen LogP contribution in [-0.2, 0) is 4.79 Å². The maximum atomic E-state index is 11.5. The first-order valence-electron chi connectivity index (χ1n) is 8.82. The Morgan fingerprint density at radius 3 is 2.29 bits per heavy atom. The van der Waals surface area contributed by atoms with E-state index in [-0.39, 0.29) is 5.91 Å². The minimum Gasteiger partial charge on any atom is -0.472 e. The predicted octanol–water partition coefficient (Wildman–Crippen LogP) is 3.41. The molecular formula is C18H32N4O2. The number of hydrogen-bond donors (Lipinski definition) is 1. The van der Waals surface area contributed by atoms with Gasteiger partial charge in [0.1, 0.15) is 5.82 Å². The fraction of sp³-hybridized carbons (Fsp3) is 0.722. The topological polar surface area (TPSA) is 67.4 Å². The number of carbonyl (C=O) groups is 1. The number of ether oxygens (including phenoxy) is 1. The van der Waals surface area contributed by atoms with Crippen LogP contribution in [0.2, 0.25) is 0 Å². The van der Waals surface area contributed by atoms with Crippen LogP contribution in [0.25, 0.3) is 0 Å². The van der Waals surface area contributed by atoms with E-state index in [1.54, 1.807) is 27.0 Å². The van der Waals surface area contributed by atoms with Crippen LogP contribution in [0.4, 0.5) is 5.82 Å². The monoisotopic (exact) mass is 336 g/mol. The normalized spacial score (nSPS) is 18.2. The first-order valence-corrected chi connectivity index (χ1v) is 8.82. The van der Waals surface area contributed by atoms with Gasteiger partial charge in [-0.15, -0.1) is 0 Å². The van der Waals surface area contributed by atoms with Gasteiger partial charge in [-0.2, -0.15) is 0 Å². The molecule has 0 radical (unpaired) electrons. The van der Waals surface area contributed by atoms with Crippen molar-refractivity contribution >= 4 is 11.7 Å². The molecule has 0 bridgehead atoms. The third-order valence-corrected chi connectivity index (χ3v) is 3.85. The van der Waals surface area contributed by atoms with Crippen molar-refractivity contribution in [3.63, 3.8) is 0 Å². The summed E-state index contributed by atoms with van der Waals surface area (Å²) in [6.07, 6.45) is 7.03. The van der Waals surface area contributed by atoms with Crippen LogP contribution in [0, 0.1) is 6.92 Å². The third kappa shape index (κ3) is 6.43. The Morgan fingerprint density at radius 2 is 1.83 bits per heavy atom. The molecular weight excluding hydrogens is 304 g/mol. The van der Waals surface area contributed by atoms with E-state index in [0.717, 1.165) is 0 Å². The summed E-state index contributed by atoms with van der Waals surface area (Å²) in [5.41, 5.74) is -0.856. The number of nitrogens with zero attached hydrogens (tertiary/aromatic N) is 3. The summed E-state index contributed by atoms with van der Waals surface area (Å²) < 4.78 is 5.45. The van der Waals surface area contributed by atoms with E-state index in [9.17, 15) is 4.79 Å². The van der Waals surface area contributed by atoms with Crippen molar-refractivity contribution in [1.82, 2.24) is 14.9 Å². The molecule has 0 spiro atoms. The molecule has 1 aromatic rings. The molecule has 1 amide bonds. The number of amides is 1. The summed E-state index contributed by atoms with van der Waals surface area (Å²) in [5, 5.41) is 2.68. The largest absolute Gasteiger partial charge is 0.472 e. The fourth-order valence-electron chi connectivity index (χ4n) is 2.08. The average molecular weight is 336 g/mol. The molecule has 2 aliphatic rings. The molecule has 0 aromatic carbocycles. The predicted molar refractivity (Wildman–Crippen MR) is 97.4 cm³/mol. The second-order valence-corrected chi connectivity index (χ2v) is 6.71. The Bertz CT molecular complexity index is 524. The van der Waals surface area contributed by atoms with Crippen LogP contribution in [0.3, 0.4) is 0 Å². The lowest BCUT2D eigenvalue weighted by Crippen LogP contribution is -2.46. The number of likely N-dealkylation sites (tertiary alicyclic amines) is 1. The minimum absolute atomic E-state index is 0.192. The number of nitrogens with one attached hydrogen (secondary N) is 1. The van der Waals surface area contributed by atoms with Gasteiger partial charge in [-0.25, -0.2) is 9.97 Å². The third-order valence-electron chi connectivity index (χ3n) is 3.85. The van der Waals surface area contributed by atoms with Gasteiger partial charge in [0.15, 0.2) is 17.2 Å². The summed E-state index contributed by atoms with van der Waals surface area (Å²) in [4.78, 5) is 21.9. The van der Waals surface area contributed by atoms with Crippen LogP contribution in [0.5, 0.6) is 5.75 Å². The van der Waals surface area contributed by atoms with Gasteiger partial charge in [-0.1, -0.05) is 26.7 Å².